The lowest BCUT2D eigenvalue weighted by molar-refractivity contribution is -0.120. The lowest BCUT2D eigenvalue weighted by atomic mass is 9.95. The van der Waals surface area contributed by atoms with Crippen molar-refractivity contribution in [1.82, 2.24) is 5.32 Å². The molecule has 0 bridgehead atoms. The summed E-state index contributed by atoms with van der Waals surface area (Å²) in [5.41, 5.74) is 15.2. The highest BCUT2D eigenvalue weighted by Crippen LogP contribution is 2.37. The highest BCUT2D eigenvalue weighted by molar-refractivity contribution is 6.39. The summed E-state index contributed by atoms with van der Waals surface area (Å²) in [7, 11) is 0. The quantitative estimate of drug-likeness (QED) is 0.468. The Morgan fingerprint density at radius 3 is 2.37 bits per heavy atom. The fourth-order valence-corrected chi connectivity index (χ4v) is 4.82. The van der Waals surface area contributed by atoms with Gasteiger partial charge >= 0.3 is 0 Å². The Morgan fingerprint density at radius 1 is 1.03 bits per heavy atom. The minimum absolute atomic E-state index is 0.124. The average molecular weight is 508 g/mol. The first-order valence-corrected chi connectivity index (χ1v) is 11.5. The van der Waals surface area contributed by atoms with E-state index < -0.39 is 23.9 Å². The van der Waals surface area contributed by atoms with Gasteiger partial charge in [-0.05, 0) is 36.2 Å². The maximum absolute atomic E-state index is 13.6. The Labute approximate surface area is 210 Å². The first-order valence-electron chi connectivity index (χ1n) is 10.7. The molecule has 0 spiro atoms. The molecule has 3 aromatic rings. The molecule has 2 heterocycles. The van der Waals surface area contributed by atoms with Gasteiger partial charge in [0.2, 0.25) is 12.1 Å². The van der Waals surface area contributed by atoms with Crippen molar-refractivity contribution in [3.63, 3.8) is 0 Å². The monoisotopic (exact) mass is 507 g/mol. The molecule has 5 rings (SSSR count). The van der Waals surface area contributed by atoms with Gasteiger partial charge in [-0.3, -0.25) is 14.4 Å². The number of aliphatic imine (C=N–C) groups is 1. The molecule has 10 heteroatoms. The third-order valence-electron chi connectivity index (χ3n) is 6.02. The minimum atomic E-state index is -1.23. The Balaban J connectivity index is 1.63. The van der Waals surface area contributed by atoms with E-state index in [1.54, 1.807) is 17.0 Å². The number of amides is 3. The number of primary amides is 1. The molecule has 2 aliphatic rings. The van der Waals surface area contributed by atoms with Crippen molar-refractivity contribution in [2.75, 3.05) is 17.2 Å². The molecular weight excluding hydrogens is 489 g/mol. The third-order valence-corrected chi connectivity index (χ3v) is 6.64. The van der Waals surface area contributed by atoms with Crippen molar-refractivity contribution in [2.24, 2.45) is 10.7 Å². The van der Waals surface area contributed by atoms with Crippen LogP contribution < -0.4 is 21.7 Å². The number of rotatable bonds is 4. The summed E-state index contributed by atoms with van der Waals surface area (Å²) in [6.07, 6.45) is -0.690. The lowest BCUT2D eigenvalue weighted by Crippen LogP contribution is -2.47. The number of nitrogens with one attached hydrogen (secondary N) is 1. The van der Waals surface area contributed by atoms with E-state index in [2.05, 4.69) is 10.3 Å². The van der Waals surface area contributed by atoms with Crippen LogP contribution in [-0.2, 0) is 11.2 Å². The number of carbonyl (C=O) groups is 3. The van der Waals surface area contributed by atoms with E-state index in [9.17, 15) is 14.4 Å². The van der Waals surface area contributed by atoms with Gasteiger partial charge in [0.1, 0.15) is 0 Å². The van der Waals surface area contributed by atoms with Crippen LogP contribution in [0.15, 0.2) is 59.6 Å². The van der Waals surface area contributed by atoms with Gasteiger partial charge in [0.25, 0.3) is 11.8 Å². The number of benzene rings is 3. The number of hydrogen-bond acceptors (Lipinski definition) is 5. The standard InChI is InChI=1S/C25H19Cl2N5O3/c26-17-10-15(11-18(27)19(17)28)24(34)31-23-25(35)32-7-6-13-8-14(22(29)33)9-16(21(13)32)20(30-23)12-4-2-1-3-5-12/h1-5,8-11,23H,6-7,28H2,(H2,29,33)(H,31,34). The zero-order chi connectivity index (χ0) is 24.9. The Bertz CT molecular complexity index is 1420. The van der Waals surface area contributed by atoms with Crippen molar-refractivity contribution >= 4 is 58.0 Å². The van der Waals surface area contributed by atoms with E-state index in [1.165, 1.54) is 12.1 Å². The van der Waals surface area contributed by atoms with Crippen molar-refractivity contribution in [3.05, 3.63) is 92.5 Å². The molecular formula is C25H19Cl2N5O3. The van der Waals surface area contributed by atoms with Gasteiger partial charge in [0, 0.05) is 28.8 Å². The Hall–Kier alpha value is -3.88. The minimum Gasteiger partial charge on any atom is -0.396 e. The Morgan fingerprint density at radius 2 is 1.71 bits per heavy atom. The zero-order valence-electron chi connectivity index (χ0n) is 18.2. The maximum atomic E-state index is 13.6. The van der Waals surface area contributed by atoms with Crippen molar-refractivity contribution in [1.29, 1.82) is 0 Å². The van der Waals surface area contributed by atoms with Crippen LogP contribution >= 0.6 is 23.2 Å². The maximum Gasteiger partial charge on any atom is 0.272 e. The first kappa shape index (κ1) is 22.9. The summed E-state index contributed by atoms with van der Waals surface area (Å²) in [6, 6.07) is 15.3. The second-order valence-electron chi connectivity index (χ2n) is 8.21. The van der Waals surface area contributed by atoms with Gasteiger partial charge in [-0.15, -0.1) is 0 Å². The van der Waals surface area contributed by atoms with Gasteiger partial charge in [-0.2, -0.15) is 0 Å². The largest absolute Gasteiger partial charge is 0.396 e. The summed E-state index contributed by atoms with van der Waals surface area (Å²) in [5, 5.41) is 2.94. The molecule has 1 unspecified atom stereocenters. The number of nitrogens with two attached hydrogens (primary N) is 2. The van der Waals surface area contributed by atoms with Crippen LogP contribution in [0.3, 0.4) is 0 Å². The molecule has 176 valence electrons. The van der Waals surface area contributed by atoms with Crippen LogP contribution in [0.25, 0.3) is 0 Å². The fourth-order valence-electron chi connectivity index (χ4n) is 4.34. The molecule has 0 saturated carbocycles. The predicted molar refractivity (Wildman–Crippen MR) is 135 cm³/mol. The molecule has 0 aliphatic carbocycles. The van der Waals surface area contributed by atoms with Crippen LogP contribution in [-0.4, -0.2) is 36.1 Å². The van der Waals surface area contributed by atoms with Gasteiger partial charge in [-0.1, -0.05) is 53.5 Å². The topological polar surface area (TPSA) is 131 Å². The fraction of sp³-hybridized carbons (Fsp3) is 0.120. The Kier molecular flexibility index (Phi) is 5.70. The van der Waals surface area contributed by atoms with Crippen molar-refractivity contribution in [3.8, 4) is 0 Å². The molecule has 8 nitrogen and oxygen atoms in total. The SMILES string of the molecule is NC(=O)c1cc2c3c(c1)C(c1ccccc1)=NC(NC(=O)c1cc(Cl)c(N)c(Cl)c1)C(=O)N3CC2. The summed E-state index contributed by atoms with van der Waals surface area (Å²) in [6.45, 7) is 0.382. The molecule has 3 amide bonds. The normalized spacial score (nSPS) is 16.4. The van der Waals surface area contributed by atoms with Gasteiger partial charge in [-0.25, -0.2) is 4.99 Å². The van der Waals surface area contributed by atoms with Crippen molar-refractivity contribution < 1.29 is 14.4 Å². The van der Waals surface area contributed by atoms with E-state index in [4.69, 9.17) is 34.7 Å². The number of carbonyl (C=O) groups excluding carboxylic acids is 3. The molecule has 0 fully saturated rings. The van der Waals surface area contributed by atoms with Gasteiger partial charge in [0.05, 0.1) is 27.1 Å². The molecule has 1 atom stereocenters. The smallest absolute Gasteiger partial charge is 0.272 e. The van der Waals surface area contributed by atoms with E-state index >= 15 is 0 Å². The molecule has 3 aromatic carbocycles. The second kappa shape index (κ2) is 8.72. The molecule has 35 heavy (non-hydrogen) atoms. The number of hydrogen-bond donors (Lipinski definition) is 3. The highest BCUT2D eigenvalue weighted by Gasteiger charge is 2.38. The van der Waals surface area contributed by atoms with Crippen molar-refractivity contribution in [2.45, 2.75) is 12.6 Å². The van der Waals surface area contributed by atoms with Crippen LogP contribution in [0, 0.1) is 0 Å². The predicted octanol–water partition coefficient (Wildman–Crippen LogP) is 3.17. The zero-order valence-corrected chi connectivity index (χ0v) is 19.7. The summed E-state index contributed by atoms with van der Waals surface area (Å²) in [5.74, 6) is -1.57. The summed E-state index contributed by atoms with van der Waals surface area (Å²) in [4.78, 5) is 44.9. The molecule has 0 radical (unpaired) electrons. The second-order valence-corrected chi connectivity index (χ2v) is 9.02. The summed E-state index contributed by atoms with van der Waals surface area (Å²) >= 11 is 12.2. The van der Waals surface area contributed by atoms with Crippen LogP contribution in [0.2, 0.25) is 10.0 Å². The van der Waals surface area contributed by atoms with E-state index in [-0.39, 0.29) is 21.3 Å². The number of halogens is 2. The molecule has 0 saturated heterocycles. The molecule has 0 aromatic heterocycles. The molecule has 5 N–H and O–H groups in total. The number of nitrogens with zero attached hydrogens (tertiary/aromatic N) is 2. The third kappa shape index (κ3) is 4.00. The van der Waals surface area contributed by atoms with E-state index in [0.29, 0.717) is 35.5 Å². The first-order chi connectivity index (χ1) is 16.7. The summed E-state index contributed by atoms with van der Waals surface area (Å²) < 4.78 is 0. The van der Waals surface area contributed by atoms with Gasteiger partial charge < -0.3 is 21.7 Å². The van der Waals surface area contributed by atoms with Crippen LogP contribution in [0.4, 0.5) is 11.4 Å². The number of nitrogen functional groups attached to an aromatic ring is 1. The van der Waals surface area contributed by atoms with Crippen LogP contribution in [0.5, 0.6) is 0 Å². The van der Waals surface area contributed by atoms with E-state index in [0.717, 1.165) is 11.1 Å². The van der Waals surface area contributed by atoms with Crippen LogP contribution in [0.1, 0.15) is 37.4 Å². The highest BCUT2D eigenvalue weighted by atomic mass is 35.5. The van der Waals surface area contributed by atoms with Gasteiger partial charge in [0.15, 0.2) is 0 Å². The number of anilines is 2. The molecule has 2 aliphatic heterocycles. The van der Waals surface area contributed by atoms with E-state index in [1.807, 2.05) is 30.3 Å². The average Bonchev–Trinajstić information content (AvgIpc) is 3.23. The lowest BCUT2D eigenvalue weighted by Gasteiger charge is -2.21.